The molecule has 0 aliphatic rings. The summed E-state index contributed by atoms with van der Waals surface area (Å²) in [6, 6.07) is 3.33. The number of amides is 1. The summed E-state index contributed by atoms with van der Waals surface area (Å²) in [7, 11) is 0. The van der Waals surface area contributed by atoms with E-state index in [0.717, 1.165) is 6.54 Å². The van der Waals surface area contributed by atoms with Gasteiger partial charge in [-0.3, -0.25) is 4.79 Å². The van der Waals surface area contributed by atoms with Crippen LogP contribution in [0.25, 0.3) is 0 Å². The monoisotopic (exact) mass is 244 g/mol. The highest BCUT2D eigenvalue weighted by molar-refractivity contribution is 6.02. The minimum atomic E-state index is -0.369. The number of hydrogen-bond acceptors (Lipinski definition) is 6. The molecule has 2 heterocycles. The van der Waals surface area contributed by atoms with Gasteiger partial charge in [-0.15, -0.1) is 5.10 Å². The normalized spacial score (nSPS) is 9.83. The maximum Gasteiger partial charge on any atom is 0.277 e. The van der Waals surface area contributed by atoms with E-state index in [9.17, 15) is 4.79 Å². The van der Waals surface area contributed by atoms with E-state index < -0.39 is 0 Å². The molecule has 0 aliphatic heterocycles. The molecule has 0 bridgehead atoms. The van der Waals surface area contributed by atoms with Crippen LogP contribution in [0.15, 0.2) is 30.7 Å². The first kappa shape index (κ1) is 11.9. The Labute approximate surface area is 104 Å². The lowest BCUT2D eigenvalue weighted by atomic mass is 10.4. The quantitative estimate of drug-likeness (QED) is 0.831. The standard InChI is InChI=1S/C11H12N6O/c1-2-12-10-7-13-8(6-14-10)11(18)16-9-4-3-5-15-17-9/h3-7H,2H2,1H3,(H,12,14)(H,16,17,18). The zero-order valence-electron chi connectivity index (χ0n) is 9.79. The number of aromatic nitrogens is 4. The molecule has 0 aromatic carbocycles. The summed E-state index contributed by atoms with van der Waals surface area (Å²) in [5.41, 5.74) is 0.224. The average Bonchev–Trinajstić information content (AvgIpc) is 2.41. The molecule has 18 heavy (non-hydrogen) atoms. The van der Waals surface area contributed by atoms with Gasteiger partial charge in [-0.05, 0) is 19.1 Å². The second kappa shape index (κ2) is 5.67. The Morgan fingerprint density at radius 3 is 2.78 bits per heavy atom. The summed E-state index contributed by atoms with van der Waals surface area (Å²) in [5.74, 6) is 0.639. The molecule has 0 saturated carbocycles. The molecule has 0 spiro atoms. The maximum absolute atomic E-state index is 11.8. The van der Waals surface area contributed by atoms with Gasteiger partial charge in [-0.25, -0.2) is 9.97 Å². The Kier molecular flexibility index (Phi) is 3.75. The molecule has 2 rings (SSSR count). The molecular weight excluding hydrogens is 232 g/mol. The van der Waals surface area contributed by atoms with Crippen molar-refractivity contribution in [1.82, 2.24) is 20.2 Å². The van der Waals surface area contributed by atoms with Gasteiger partial charge in [-0.1, -0.05) is 0 Å². The third-order valence-corrected chi connectivity index (χ3v) is 2.06. The first-order chi connectivity index (χ1) is 8.79. The van der Waals surface area contributed by atoms with Crippen LogP contribution in [0.4, 0.5) is 11.6 Å². The van der Waals surface area contributed by atoms with Crippen LogP contribution in [0.1, 0.15) is 17.4 Å². The number of hydrogen-bond donors (Lipinski definition) is 2. The van der Waals surface area contributed by atoms with Crippen molar-refractivity contribution in [2.24, 2.45) is 0 Å². The molecular formula is C11H12N6O. The van der Waals surface area contributed by atoms with Crippen molar-refractivity contribution in [3.8, 4) is 0 Å². The highest BCUT2D eigenvalue weighted by Gasteiger charge is 2.08. The van der Waals surface area contributed by atoms with Crippen LogP contribution in [0.3, 0.4) is 0 Å². The summed E-state index contributed by atoms with van der Waals surface area (Å²) >= 11 is 0. The lowest BCUT2D eigenvalue weighted by Crippen LogP contribution is -2.15. The minimum absolute atomic E-state index is 0.224. The predicted molar refractivity (Wildman–Crippen MR) is 66.2 cm³/mol. The summed E-state index contributed by atoms with van der Waals surface area (Å²) in [4.78, 5) is 19.9. The number of carbonyl (C=O) groups is 1. The molecule has 0 atom stereocenters. The average molecular weight is 244 g/mol. The Morgan fingerprint density at radius 1 is 1.28 bits per heavy atom. The topological polar surface area (TPSA) is 92.7 Å². The van der Waals surface area contributed by atoms with Crippen LogP contribution in [-0.2, 0) is 0 Å². The van der Waals surface area contributed by atoms with Crippen molar-refractivity contribution >= 4 is 17.5 Å². The molecule has 7 nitrogen and oxygen atoms in total. The van der Waals surface area contributed by atoms with E-state index in [4.69, 9.17) is 0 Å². The third-order valence-electron chi connectivity index (χ3n) is 2.06. The molecule has 0 radical (unpaired) electrons. The highest BCUT2D eigenvalue weighted by Crippen LogP contribution is 2.04. The van der Waals surface area contributed by atoms with Crippen LogP contribution >= 0.6 is 0 Å². The fourth-order valence-corrected chi connectivity index (χ4v) is 1.27. The molecule has 92 valence electrons. The van der Waals surface area contributed by atoms with Gasteiger partial charge >= 0.3 is 0 Å². The van der Waals surface area contributed by atoms with Crippen molar-refractivity contribution in [3.63, 3.8) is 0 Å². The molecule has 2 N–H and O–H groups in total. The predicted octanol–water partition coefficient (Wildman–Crippen LogP) is 0.951. The number of carbonyl (C=O) groups excluding carboxylic acids is 1. The zero-order chi connectivity index (χ0) is 12.8. The van der Waals surface area contributed by atoms with E-state index in [1.54, 1.807) is 12.1 Å². The molecule has 1 amide bonds. The highest BCUT2D eigenvalue weighted by atomic mass is 16.1. The number of anilines is 2. The van der Waals surface area contributed by atoms with Crippen molar-refractivity contribution < 1.29 is 4.79 Å². The lowest BCUT2D eigenvalue weighted by Gasteiger charge is -2.04. The second-order valence-electron chi connectivity index (χ2n) is 3.38. The lowest BCUT2D eigenvalue weighted by molar-refractivity contribution is 0.102. The summed E-state index contributed by atoms with van der Waals surface area (Å²) in [6.45, 7) is 2.70. The van der Waals surface area contributed by atoms with Crippen LogP contribution in [0.5, 0.6) is 0 Å². The van der Waals surface area contributed by atoms with Gasteiger partial charge in [0.2, 0.25) is 0 Å². The van der Waals surface area contributed by atoms with Crippen LogP contribution in [0, 0.1) is 0 Å². The SMILES string of the molecule is CCNc1cnc(C(=O)Nc2cccnn2)cn1. The van der Waals surface area contributed by atoms with E-state index >= 15 is 0 Å². The maximum atomic E-state index is 11.8. The van der Waals surface area contributed by atoms with Crippen LogP contribution in [0.2, 0.25) is 0 Å². The molecule has 7 heteroatoms. The fraction of sp³-hybridized carbons (Fsp3) is 0.182. The molecule has 2 aromatic heterocycles. The summed E-state index contributed by atoms with van der Waals surface area (Å²) in [5, 5.41) is 13.0. The third kappa shape index (κ3) is 2.97. The van der Waals surface area contributed by atoms with E-state index in [2.05, 4.69) is 30.8 Å². The van der Waals surface area contributed by atoms with Crippen LogP contribution in [-0.4, -0.2) is 32.6 Å². The molecule has 0 fully saturated rings. The Balaban J connectivity index is 2.05. The molecule has 0 unspecified atom stereocenters. The van der Waals surface area contributed by atoms with E-state index in [0.29, 0.717) is 11.6 Å². The smallest absolute Gasteiger partial charge is 0.277 e. The van der Waals surface area contributed by atoms with Crippen molar-refractivity contribution in [2.45, 2.75) is 6.92 Å². The van der Waals surface area contributed by atoms with Gasteiger partial charge in [0.1, 0.15) is 11.5 Å². The zero-order valence-corrected chi connectivity index (χ0v) is 9.79. The van der Waals surface area contributed by atoms with Gasteiger partial charge in [0.05, 0.1) is 12.4 Å². The summed E-state index contributed by atoms with van der Waals surface area (Å²) in [6.07, 6.45) is 4.44. The number of rotatable bonds is 4. The Hall–Kier alpha value is -2.57. The molecule has 2 aromatic rings. The molecule has 0 saturated heterocycles. The minimum Gasteiger partial charge on any atom is -0.369 e. The van der Waals surface area contributed by atoms with E-state index in [1.807, 2.05) is 6.92 Å². The first-order valence-corrected chi connectivity index (χ1v) is 5.44. The van der Waals surface area contributed by atoms with E-state index in [1.165, 1.54) is 18.6 Å². The van der Waals surface area contributed by atoms with Crippen LogP contribution < -0.4 is 10.6 Å². The van der Waals surface area contributed by atoms with Crippen molar-refractivity contribution in [2.75, 3.05) is 17.2 Å². The fourth-order valence-electron chi connectivity index (χ4n) is 1.27. The van der Waals surface area contributed by atoms with E-state index in [-0.39, 0.29) is 11.6 Å². The van der Waals surface area contributed by atoms with Crippen molar-refractivity contribution in [1.29, 1.82) is 0 Å². The Bertz CT molecular complexity index is 513. The van der Waals surface area contributed by atoms with Gasteiger partial charge < -0.3 is 10.6 Å². The van der Waals surface area contributed by atoms with Gasteiger partial charge in [0, 0.05) is 12.7 Å². The summed E-state index contributed by atoms with van der Waals surface area (Å²) < 4.78 is 0. The number of nitrogens with zero attached hydrogens (tertiary/aromatic N) is 4. The molecule has 0 aliphatic carbocycles. The number of nitrogens with one attached hydrogen (secondary N) is 2. The van der Waals surface area contributed by atoms with Gasteiger partial charge in [-0.2, -0.15) is 5.10 Å². The second-order valence-corrected chi connectivity index (χ2v) is 3.38. The van der Waals surface area contributed by atoms with Gasteiger partial charge in [0.15, 0.2) is 5.82 Å². The van der Waals surface area contributed by atoms with Gasteiger partial charge in [0.25, 0.3) is 5.91 Å². The Morgan fingerprint density at radius 2 is 2.17 bits per heavy atom. The largest absolute Gasteiger partial charge is 0.369 e. The van der Waals surface area contributed by atoms with Crippen molar-refractivity contribution in [3.05, 3.63) is 36.4 Å². The first-order valence-electron chi connectivity index (χ1n) is 5.44.